The molecule has 3 heteroatoms. The molecule has 1 saturated carbocycles. The third kappa shape index (κ3) is 3.11. The maximum Gasteiger partial charge on any atom is 0.0609 e. The summed E-state index contributed by atoms with van der Waals surface area (Å²) >= 11 is 4.51. The molecule has 0 spiro atoms. The van der Waals surface area contributed by atoms with Crippen LogP contribution in [0, 0.1) is 5.41 Å². The lowest BCUT2D eigenvalue weighted by Gasteiger charge is -2.40. The van der Waals surface area contributed by atoms with Crippen LogP contribution >= 0.6 is 12.6 Å². The number of thiol groups is 1. The predicted molar refractivity (Wildman–Crippen MR) is 68.5 cm³/mol. The Morgan fingerprint density at radius 3 is 2.27 bits per heavy atom. The zero-order chi connectivity index (χ0) is 11.5. The van der Waals surface area contributed by atoms with E-state index in [0.29, 0.717) is 5.41 Å². The number of hydrogen-bond acceptors (Lipinski definition) is 3. The highest BCUT2D eigenvalue weighted by Gasteiger charge is 2.36. The molecule has 0 heterocycles. The van der Waals surface area contributed by atoms with Crippen LogP contribution in [-0.2, 0) is 0 Å². The summed E-state index contributed by atoms with van der Waals surface area (Å²) < 4.78 is 0. The SMILES string of the molecule is CN(CC1(CS)CCCC1)C(C)(C)CO. The lowest BCUT2D eigenvalue weighted by atomic mass is 9.86. The summed E-state index contributed by atoms with van der Waals surface area (Å²) in [5, 5.41) is 9.33. The zero-order valence-electron chi connectivity index (χ0n) is 10.3. The second kappa shape index (κ2) is 5.07. The number of likely N-dealkylation sites (N-methyl/N-ethyl adjacent to an activating group) is 1. The van der Waals surface area contributed by atoms with Crippen LogP contribution in [0.1, 0.15) is 39.5 Å². The highest BCUT2D eigenvalue weighted by Crippen LogP contribution is 2.40. The molecule has 0 atom stereocenters. The van der Waals surface area contributed by atoms with E-state index >= 15 is 0 Å². The molecule has 2 nitrogen and oxygen atoms in total. The molecule has 0 radical (unpaired) electrons. The molecule has 1 rings (SSSR count). The Kier molecular flexibility index (Phi) is 4.50. The van der Waals surface area contributed by atoms with E-state index in [1.54, 1.807) is 0 Å². The van der Waals surface area contributed by atoms with Crippen LogP contribution in [0.15, 0.2) is 0 Å². The topological polar surface area (TPSA) is 23.5 Å². The van der Waals surface area contributed by atoms with Crippen molar-refractivity contribution in [3.8, 4) is 0 Å². The zero-order valence-corrected chi connectivity index (χ0v) is 11.2. The minimum atomic E-state index is -0.113. The molecule has 1 aliphatic rings. The van der Waals surface area contributed by atoms with Crippen molar-refractivity contribution >= 4 is 12.6 Å². The molecule has 1 aliphatic carbocycles. The molecule has 0 unspecified atom stereocenters. The Balaban J connectivity index is 2.59. The summed E-state index contributed by atoms with van der Waals surface area (Å²) in [5.41, 5.74) is 0.281. The van der Waals surface area contributed by atoms with Crippen LogP contribution in [0.2, 0.25) is 0 Å². The average molecular weight is 231 g/mol. The van der Waals surface area contributed by atoms with Gasteiger partial charge in [-0.25, -0.2) is 0 Å². The van der Waals surface area contributed by atoms with E-state index in [0.717, 1.165) is 12.3 Å². The van der Waals surface area contributed by atoms with Crippen molar-refractivity contribution in [3.63, 3.8) is 0 Å². The van der Waals surface area contributed by atoms with E-state index < -0.39 is 0 Å². The fourth-order valence-electron chi connectivity index (χ4n) is 2.33. The van der Waals surface area contributed by atoms with Crippen LogP contribution < -0.4 is 0 Å². The fraction of sp³-hybridized carbons (Fsp3) is 1.00. The van der Waals surface area contributed by atoms with E-state index in [-0.39, 0.29) is 12.1 Å². The summed E-state index contributed by atoms with van der Waals surface area (Å²) in [4.78, 5) is 2.29. The van der Waals surface area contributed by atoms with Crippen LogP contribution in [0.25, 0.3) is 0 Å². The molecule has 0 aromatic rings. The summed E-state index contributed by atoms with van der Waals surface area (Å²) in [6.07, 6.45) is 5.27. The first-order valence-electron chi connectivity index (χ1n) is 5.89. The van der Waals surface area contributed by atoms with E-state index in [4.69, 9.17) is 0 Å². The van der Waals surface area contributed by atoms with Gasteiger partial charge in [0.25, 0.3) is 0 Å². The van der Waals surface area contributed by atoms with Gasteiger partial charge in [0.1, 0.15) is 0 Å². The van der Waals surface area contributed by atoms with Crippen molar-refractivity contribution in [1.82, 2.24) is 4.90 Å². The molecule has 0 saturated heterocycles. The molecule has 1 fully saturated rings. The Hall–Kier alpha value is 0.270. The normalized spacial score (nSPS) is 21.2. The molecular weight excluding hydrogens is 206 g/mol. The molecule has 15 heavy (non-hydrogen) atoms. The second-order valence-corrected chi connectivity index (χ2v) is 6.01. The van der Waals surface area contributed by atoms with Crippen molar-refractivity contribution in [3.05, 3.63) is 0 Å². The quantitative estimate of drug-likeness (QED) is 0.709. The third-order valence-corrected chi connectivity index (χ3v) is 4.66. The Bertz CT molecular complexity index is 200. The Morgan fingerprint density at radius 2 is 1.87 bits per heavy atom. The van der Waals surface area contributed by atoms with Gasteiger partial charge in [-0.2, -0.15) is 12.6 Å². The maximum atomic E-state index is 9.33. The van der Waals surface area contributed by atoms with Gasteiger partial charge in [0.05, 0.1) is 6.61 Å². The minimum Gasteiger partial charge on any atom is -0.394 e. The molecule has 0 bridgehead atoms. The van der Waals surface area contributed by atoms with Crippen LogP contribution in [-0.4, -0.2) is 41.5 Å². The van der Waals surface area contributed by atoms with Crippen molar-refractivity contribution in [2.45, 2.75) is 45.1 Å². The lowest BCUT2D eigenvalue weighted by molar-refractivity contribution is 0.0483. The van der Waals surface area contributed by atoms with Gasteiger partial charge >= 0.3 is 0 Å². The molecule has 0 aliphatic heterocycles. The van der Waals surface area contributed by atoms with Crippen LogP contribution in [0.5, 0.6) is 0 Å². The van der Waals surface area contributed by atoms with Gasteiger partial charge in [-0.1, -0.05) is 12.8 Å². The summed E-state index contributed by atoms with van der Waals surface area (Å²) in [7, 11) is 2.11. The monoisotopic (exact) mass is 231 g/mol. The Labute approximate surface area is 99.5 Å². The van der Waals surface area contributed by atoms with Crippen molar-refractivity contribution in [2.75, 3.05) is 26.0 Å². The number of rotatable bonds is 5. The molecule has 1 N–H and O–H groups in total. The van der Waals surface area contributed by atoms with Crippen molar-refractivity contribution in [1.29, 1.82) is 0 Å². The Morgan fingerprint density at radius 1 is 1.33 bits per heavy atom. The lowest BCUT2D eigenvalue weighted by Crippen LogP contribution is -2.49. The van der Waals surface area contributed by atoms with E-state index in [9.17, 15) is 5.11 Å². The van der Waals surface area contributed by atoms with Gasteiger partial charge in [-0.15, -0.1) is 0 Å². The maximum absolute atomic E-state index is 9.33. The van der Waals surface area contributed by atoms with Gasteiger partial charge in [-0.3, -0.25) is 4.90 Å². The standard InChI is InChI=1S/C12H25NOS/c1-11(2,9-14)13(3)8-12(10-15)6-4-5-7-12/h14-15H,4-10H2,1-3H3. The fourth-order valence-corrected chi connectivity index (χ4v) is 2.75. The van der Waals surface area contributed by atoms with Crippen molar-refractivity contribution in [2.24, 2.45) is 5.41 Å². The van der Waals surface area contributed by atoms with Gasteiger partial charge in [0.2, 0.25) is 0 Å². The summed E-state index contributed by atoms with van der Waals surface area (Å²) in [5.74, 6) is 0.971. The van der Waals surface area contributed by atoms with Gasteiger partial charge in [-0.05, 0) is 44.9 Å². The highest BCUT2D eigenvalue weighted by molar-refractivity contribution is 7.80. The van der Waals surface area contributed by atoms with Crippen LogP contribution in [0.3, 0.4) is 0 Å². The first-order chi connectivity index (χ1) is 6.96. The molecule has 0 amide bonds. The summed E-state index contributed by atoms with van der Waals surface area (Å²) in [6, 6.07) is 0. The van der Waals surface area contributed by atoms with E-state index in [2.05, 4.69) is 38.4 Å². The van der Waals surface area contributed by atoms with E-state index in [1.807, 2.05) is 0 Å². The molecular formula is C12H25NOS. The highest BCUT2D eigenvalue weighted by atomic mass is 32.1. The molecule has 0 aromatic heterocycles. The smallest absolute Gasteiger partial charge is 0.0609 e. The minimum absolute atomic E-state index is 0.113. The molecule has 0 aromatic carbocycles. The largest absolute Gasteiger partial charge is 0.394 e. The first kappa shape index (κ1) is 13.3. The molecule has 90 valence electrons. The van der Waals surface area contributed by atoms with Gasteiger partial charge < -0.3 is 5.11 Å². The van der Waals surface area contributed by atoms with Gasteiger partial charge in [0.15, 0.2) is 0 Å². The number of aliphatic hydroxyl groups excluding tert-OH is 1. The first-order valence-corrected chi connectivity index (χ1v) is 6.52. The van der Waals surface area contributed by atoms with Crippen molar-refractivity contribution < 1.29 is 5.11 Å². The average Bonchev–Trinajstić information content (AvgIpc) is 2.67. The van der Waals surface area contributed by atoms with E-state index in [1.165, 1.54) is 25.7 Å². The third-order valence-electron chi connectivity index (χ3n) is 3.99. The number of nitrogens with zero attached hydrogens (tertiary/aromatic N) is 1. The predicted octanol–water partition coefficient (Wildman–Crippen LogP) is 2.18. The number of hydrogen-bond donors (Lipinski definition) is 2. The van der Waals surface area contributed by atoms with Crippen LogP contribution in [0.4, 0.5) is 0 Å². The second-order valence-electron chi connectivity index (χ2n) is 5.69. The number of aliphatic hydroxyl groups is 1. The summed E-state index contributed by atoms with van der Waals surface area (Å²) in [6.45, 7) is 5.46. The van der Waals surface area contributed by atoms with Gasteiger partial charge in [0, 0.05) is 12.1 Å².